The minimum Gasteiger partial charge on any atom is -0.353 e. The number of hydrogen-bond donors (Lipinski definition) is 1. The van der Waals surface area contributed by atoms with Crippen LogP contribution in [0.2, 0.25) is 5.02 Å². The third kappa shape index (κ3) is 2.58. The second-order valence-electron chi connectivity index (χ2n) is 4.39. The van der Waals surface area contributed by atoms with Gasteiger partial charge in [-0.15, -0.1) is 0 Å². The van der Waals surface area contributed by atoms with Crippen molar-refractivity contribution in [2.75, 3.05) is 5.32 Å². The molecule has 0 spiro atoms. The van der Waals surface area contributed by atoms with Gasteiger partial charge in [-0.3, -0.25) is 4.98 Å². The Balaban J connectivity index is 2.14. The molecule has 0 fully saturated rings. The topological polar surface area (TPSA) is 48.7 Å². The zero-order valence-corrected chi connectivity index (χ0v) is 13.1. The van der Waals surface area contributed by atoms with Crippen LogP contribution in [0.4, 0.5) is 11.4 Å². The molecule has 102 valence electrons. The van der Waals surface area contributed by atoms with Gasteiger partial charge in [0, 0.05) is 16.1 Å². The predicted molar refractivity (Wildman–Crippen MR) is 88.9 cm³/mol. The molecule has 0 amide bonds. The number of anilines is 2. The molecular weight excluding hydrogens is 350 g/mol. The number of benzene rings is 2. The molecule has 0 aliphatic rings. The maximum absolute atomic E-state index is 9.28. The zero-order chi connectivity index (χ0) is 14.8. The Kier molecular flexibility index (Phi) is 3.78. The van der Waals surface area contributed by atoms with Crippen molar-refractivity contribution in [3.05, 3.63) is 63.7 Å². The minimum atomic E-state index is 0.552. The molecule has 0 unspecified atom stereocenters. The van der Waals surface area contributed by atoms with Crippen LogP contribution in [0.25, 0.3) is 10.9 Å². The summed E-state index contributed by atoms with van der Waals surface area (Å²) in [5.41, 5.74) is 2.86. The molecule has 2 aromatic carbocycles. The van der Waals surface area contributed by atoms with Crippen LogP contribution < -0.4 is 5.32 Å². The third-order valence-corrected chi connectivity index (χ3v) is 4.10. The third-order valence-electron chi connectivity index (χ3n) is 3.11. The first kappa shape index (κ1) is 13.9. The summed E-state index contributed by atoms with van der Waals surface area (Å²) >= 11 is 9.57. The van der Waals surface area contributed by atoms with E-state index in [2.05, 4.69) is 32.3 Å². The summed E-state index contributed by atoms with van der Waals surface area (Å²) in [5.74, 6) is 0. The zero-order valence-electron chi connectivity index (χ0n) is 10.8. The number of hydrogen-bond acceptors (Lipinski definition) is 3. The van der Waals surface area contributed by atoms with E-state index in [0.717, 1.165) is 26.8 Å². The van der Waals surface area contributed by atoms with E-state index in [4.69, 9.17) is 11.6 Å². The van der Waals surface area contributed by atoms with Gasteiger partial charge in [0.05, 0.1) is 27.5 Å². The van der Waals surface area contributed by atoms with Crippen molar-refractivity contribution in [1.82, 2.24) is 4.98 Å². The average molecular weight is 359 g/mol. The van der Waals surface area contributed by atoms with Gasteiger partial charge in [0.25, 0.3) is 0 Å². The van der Waals surface area contributed by atoms with Gasteiger partial charge in [0.1, 0.15) is 6.07 Å². The maximum Gasteiger partial charge on any atom is 0.103 e. The van der Waals surface area contributed by atoms with Gasteiger partial charge in [0.15, 0.2) is 0 Å². The maximum atomic E-state index is 9.28. The molecule has 1 heterocycles. The van der Waals surface area contributed by atoms with Gasteiger partial charge in [-0.25, -0.2) is 0 Å². The summed E-state index contributed by atoms with van der Waals surface area (Å²) in [6.45, 7) is 0. The van der Waals surface area contributed by atoms with E-state index in [1.165, 1.54) is 0 Å². The van der Waals surface area contributed by atoms with E-state index in [1.807, 2.05) is 42.5 Å². The molecule has 5 heteroatoms. The van der Waals surface area contributed by atoms with Crippen LogP contribution in [0.3, 0.4) is 0 Å². The molecule has 0 aliphatic heterocycles. The summed E-state index contributed by atoms with van der Waals surface area (Å²) in [5, 5.41) is 14.1. The Bertz CT molecular complexity index is 871. The van der Waals surface area contributed by atoms with Crippen LogP contribution in [0.15, 0.2) is 53.1 Å². The lowest BCUT2D eigenvalue weighted by Crippen LogP contribution is -1.96. The molecule has 0 atom stereocenters. The van der Waals surface area contributed by atoms with Crippen LogP contribution in [-0.4, -0.2) is 4.98 Å². The van der Waals surface area contributed by atoms with Crippen LogP contribution in [-0.2, 0) is 0 Å². The van der Waals surface area contributed by atoms with Crippen LogP contribution in [0.5, 0.6) is 0 Å². The Morgan fingerprint density at radius 3 is 2.76 bits per heavy atom. The molecule has 3 nitrogen and oxygen atoms in total. The first-order valence-corrected chi connectivity index (χ1v) is 7.36. The highest BCUT2D eigenvalue weighted by molar-refractivity contribution is 9.10. The van der Waals surface area contributed by atoms with E-state index in [1.54, 1.807) is 6.20 Å². The Labute approximate surface area is 135 Å². The lowest BCUT2D eigenvalue weighted by atomic mass is 10.1. The molecular formula is C16H9BrClN3. The molecule has 0 bridgehead atoms. The molecule has 21 heavy (non-hydrogen) atoms. The molecule has 0 saturated carbocycles. The molecule has 1 aromatic heterocycles. The number of nitrogens with one attached hydrogen (secondary N) is 1. The Hall–Kier alpha value is -2.09. The molecule has 0 aliphatic carbocycles. The first-order valence-electron chi connectivity index (χ1n) is 6.19. The summed E-state index contributed by atoms with van der Waals surface area (Å²) in [6.07, 6.45) is 1.72. The van der Waals surface area contributed by atoms with Crippen molar-refractivity contribution in [3.63, 3.8) is 0 Å². The number of rotatable bonds is 2. The number of aromatic nitrogens is 1. The quantitative estimate of drug-likeness (QED) is 0.679. The van der Waals surface area contributed by atoms with Gasteiger partial charge in [-0.2, -0.15) is 5.26 Å². The summed E-state index contributed by atoms with van der Waals surface area (Å²) < 4.78 is 0.751. The van der Waals surface area contributed by atoms with Crippen molar-refractivity contribution in [2.24, 2.45) is 0 Å². The number of nitrogens with zero attached hydrogens (tertiary/aromatic N) is 2. The van der Waals surface area contributed by atoms with Crippen molar-refractivity contribution >= 4 is 49.8 Å². The molecule has 0 radical (unpaired) electrons. The largest absolute Gasteiger partial charge is 0.353 e. The summed E-state index contributed by atoms with van der Waals surface area (Å²) in [7, 11) is 0. The first-order chi connectivity index (χ1) is 10.2. The number of nitriles is 1. The predicted octanol–water partition coefficient (Wildman–Crippen LogP) is 5.27. The van der Waals surface area contributed by atoms with Gasteiger partial charge in [0.2, 0.25) is 0 Å². The number of fused-ring (bicyclic) bond motifs is 1. The van der Waals surface area contributed by atoms with E-state index < -0.39 is 0 Å². The van der Waals surface area contributed by atoms with E-state index >= 15 is 0 Å². The van der Waals surface area contributed by atoms with Crippen molar-refractivity contribution in [3.8, 4) is 6.07 Å². The lowest BCUT2D eigenvalue weighted by Gasteiger charge is -2.12. The van der Waals surface area contributed by atoms with E-state index in [-0.39, 0.29) is 0 Å². The highest BCUT2D eigenvalue weighted by Gasteiger charge is 2.10. The normalized spacial score (nSPS) is 10.3. The summed E-state index contributed by atoms with van der Waals surface area (Å²) in [4.78, 5) is 4.37. The SMILES string of the molecule is N#Cc1c(Br)cccc1Nc1ccc(Cl)c2cccnc12. The Morgan fingerprint density at radius 1 is 1.10 bits per heavy atom. The van der Waals surface area contributed by atoms with Gasteiger partial charge in [-0.1, -0.05) is 17.7 Å². The number of pyridine rings is 1. The second kappa shape index (κ2) is 5.72. The monoisotopic (exact) mass is 357 g/mol. The fourth-order valence-corrected chi connectivity index (χ4v) is 2.80. The Morgan fingerprint density at radius 2 is 1.95 bits per heavy atom. The van der Waals surface area contributed by atoms with E-state index in [0.29, 0.717) is 10.6 Å². The fraction of sp³-hybridized carbons (Fsp3) is 0. The smallest absolute Gasteiger partial charge is 0.103 e. The molecule has 3 aromatic rings. The standard InChI is InChI=1S/C16H9BrClN3/c17-12-4-1-5-14(11(12)9-19)21-15-7-6-13(18)10-3-2-8-20-16(10)15/h1-8,21H. The van der Waals surface area contributed by atoms with Crippen LogP contribution in [0.1, 0.15) is 5.56 Å². The molecule has 0 saturated heterocycles. The molecule has 3 rings (SSSR count). The molecule has 1 N–H and O–H groups in total. The van der Waals surface area contributed by atoms with Crippen LogP contribution >= 0.6 is 27.5 Å². The van der Waals surface area contributed by atoms with Crippen molar-refractivity contribution in [1.29, 1.82) is 5.26 Å². The van der Waals surface area contributed by atoms with Gasteiger partial charge < -0.3 is 5.32 Å². The lowest BCUT2D eigenvalue weighted by molar-refractivity contribution is 1.40. The van der Waals surface area contributed by atoms with Gasteiger partial charge in [-0.05, 0) is 52.3 Å². The fourth-order valence-electron chi connectivity index (χ4n) is 2.13. The minimum absolute atomic E-state index is 0.552. The highest BCUT2D eigenvalue weighted by atomic mass is 79.9. The van der Waals surface area contributed by atoms with Crippen LogP contribution in [0, 0.1) is 11.3 Å². The number of halogens is 2. The van der Waals surface area contributed by atoms with Gasteiger partial charge >= 0.3 is 0 Å². The van der Waals surface area contributed by atoms with E-state index in [9.17, 15) is 5.26 Å². The van der Waals surface area contributed by atoms with Crippen molar-refractivity contribution in [2.45, 2.75) is 0 Å². The summed E-state index contributed by atoms with van der Waals surface area (Å²) in [6, 6.07) is 15.2. The average Bonchev–Trinajstić information content (AvgIpc) is 2.51. The van der Waals surface area contributed by atoms with Crippen molar-refractivity contribution < 1.29 is 0 Å². The highest BCUT2D eigenvalue weighted by Crippen LogP contribution is 2.32. The second-order valence-corrected chi connectivity index (χ2v) is 5.66.